The lowest BCUT2D eigenvalue weighted by atomic mass is 10.1. The zero-order valence-electron chi connectivity index (χ0n) is 13.1. The fourth-order valence-electron chi connectivity index (χ4n) is 2.17. The van der Waals surface area contributed by atoms with Gasteiger partial charge < -0.3 is 5.32 Å². The summed E-state index contributed by atoms with van der Waals surface area (Å²) in [6.45, 7) is 3.98. The number of amides is 1. The van der Waals surface area contributed by atoms with E-state index in [0.29, 0.717) is 22.2 Å². The minimum absolute atomic E-state index is 0.116. The van der Waals surface area contributed by atoms with E-state index in [9.17, 15) is 4.79 Å². The number of nitrogens with one attached hydrogen (secondary N) is 1. The van der Waals surface area contributed by atoms with Crippen molar-refractivity contribution in [3.63, 3.8) is 0 Å². The first kappa shape index (κ1) is 16.1. The van der Waals surface area contributed by atoms with E-state index in [1.165, 1.54) is 6.20 Å². The van der Waals surface area contributed by atoms with Crippen molar-refractivity contribution < 1.29 is 4.79 Å². The molecule has 0 spiro atoms. The summed E-state index contributed by atoms with van der Waals surface area (Å²) in [5.74, 6) is 0.779. The molecule has 0 aliphatic carbocycles. The van der Waals surface area contributed by atoms with Gasteiger partial charge in [-0.1, -0.05) is 23.7 Å². The van der Waals surface area contributed by atoms with Gasteiger partial charge in [0, 0.05) is 17.3 Å². The predicted octanol–water partition coefficient (Wildman–Crippen LogP) is 3.22. The van der Waals surface area contributed by atoms with Gasteiger partial charge in [-0.3, -0.25) is 4.79 Å². The SMILES string of the molecule is CC(C)n1nnnc1-c1cccc(C(=O)Nc2ccc(Cl)cn2)c1. The van der Waals surface area contributed by atoms with E-state index in [0.717, 1.165) is 5.56 Å². The molecule has 2 heterocycles. The Morgan fingerprint density at radius 2 is 2.08 bits per heavy atom. The van der Waals surface area contributed by atoms with Crippen LogP contribution >= 0.6 is 11.6 Å². The summed E-state index contributed by atoms with van der Waals surface area (Å²) in [6.07, 6.45) is 1.48. The highest BCUT2D eigenvalue weighted by molar-refractivity contribution is 6.30. The number of pyridine rings is 1. The zero-order valence-corrected chi connectivity index (χ0v) is 13.9. The first-order valence-electron chi connectivity index (χ1n) is 7.36. The number of rotatable bonds is 4. The minimum Gasteiger partial charge on any atom is -0.307 e. The summed E-state index contributed by atoms with van der Waals surface area (Å²) >= 11 is 5.79. The molecule has 8 heteroatoms. The molecule has 0 aliphatic heterocycles. The molecule has 0 aliphatic rings. The van der Waals surface area contributed by atoms with Crippen LogP contribution in [0.4, 0.5) is 5.82 Å². The van der Waals surface area contributed by atoms with Crippen LogP contribution in [-0.2, 0) is 0 Å². The standard InChI is InChI=1S/C16H15ClN6O/c1-10(2)23-15(20-21-22-23)11-4-3-5-12(8-11)16(24)19-14-7-6-13(17)9-18-14/h3-10H,1-2H3,(H,18,19,24). The van der Waals surface area contributed by atoms with E-state index in [4.69, 9.17) is 11.6 Å². The maximum absolute atomic E-state index is 12.4. The van der Waals surface area contributed by atoms with Crippen molar-refractivity contribution in [2.75, 3.05) is 5.32 Å². The van der Waals surface area contributed by atoms with Gasteiger partial charge in [-0.2, -0.15) is 0 Å². The van der Waals surface area contributed by atoms with Crippen LogP contribution in [0.2, 0.25) is 5.02 Å². The summed E-state index contributed by atoms with van der Waals surface area (Å²) in [4.78, 5) is 16.5. The van der Waals surface area contributed by atoms with Gasteiger partial charge >= 0.3 is 0 Å². The van der Waals surface area contributed by atoms with Crippen LogP contribution < -0.4 is 5.32 Å². The van der Waals surface area contributed by atoms with Crippen molar-refractivity contribution in [3.8, 4) is 11.4 Å². The van der Waals surface area contributed by atoms with Gasteiger partial charge in [0.25, 0.3) is 5.91 Å². The van der Waals surface area contributed by atoms with Crippen LogP contribution in [-0.4, -0.2) is 31.1 Å². The average Bonchev–Trinajstić information content (AvgIpc) is 3.07. The van der Waals surface area contributed by atoms with Gasteiger partial charge in [0.2, 0.25) is 0 Å². The van der Waals surface area contributed by atoms with E-state index in [-0.39, 0.29) is 11.9 Å². The minimum atomic E-state index is -0.268. The molecule has 0 bridgehead atoms. The number of halogens is 1. The summed E-state index contributed by atoms with van der Waals surface area (Å²) in [7, 11) is 0. The Morgan fingerprint density at radius 3 is 2.79 bits per heavy atom. The van der Waals surface area contributed by atoms with Crippen molar-refractivity contribution in [1.29, 1.82) is 0 Å². The predicted molar refractivity (Wildman–Crippen MR) is 90.8 cm³/mol. The van der Waals surface area contributed by atoms with E-state index >= 15 is 0 Å². The Balaban J connectivity index is 1.86. The molecule has 7 nitrogen and oxygen atoms in total. The Hall–Kier alpha value is -2.80. The lowest BCUT2D eigenvalue weighted by molar-refractivity contribution is 0.102. The third-order valence-corrected chi connectivity index (χ3v) is 3.56. The average molecular weight is 343 g/mol. The largest absolute Gasteiger partial charge is 0.307 e. The molecule has 0 saturated carbocycles. The lowest BCUT2D eigenvalue weighted by Gasteiger charge is -2.09. The van der Waals surface area contributed by atoms with E-state index in [1.807, 2.05) is 19.9 Å². The molecule has 0 atom stereocenters. The van der Waals surface area contributed by atoms with Crippen LogP contribution in [0.25, 0.3) is 11.4 Å². The van der Waals surface area contributed by atoms with Crippen molar-refractivity contribution in [2.24, 2.45) is 0 Å². The molecule has 1 N–H and O–H groups in total. The molecule has 3 rings (SSSR count). The second-order valence-electron chi connectivity index (χ2n) is 5.44. The molecule has 24 heavy (non-hydrogen) atoms. The highest BCUT2D eigenvalue weighted by atomic mass is 35.5. The van der Waals surface area contributed by atoms with E-state index in [2.05, 4.69) is 25.8 Å². The highest BCUT2D eigenvalue weighted by Gasteiger charge is 2.14. The molecular weight excluding hydrogens is 328 g/mol. The number of aromatic nitrogens is 5. The van der Waals surface area contributed by atoms with Gasteiger partial charge in [0.05, 0.1) is 11.1 Å². The first-order valence-corrected chi connectivity index (χ1v) is 7.73. The molecular formula is C16H15ClN6O. The summed E-state index contributed by atoms with van der Waals surface area (Å²) < 4.78 is 1.71. The van der Waals surface area contributed by atoms with Gasteiger partial charge in [-0.15, -0.1) is 5.10 Å². The van der Waals surface area contributed by atoms with Crippen LogP contribution in [0.5, 0.6) is 0 Å². The fraction of sp³-hybridized carbons (Fsp3) is 0.188. The highest BCUT2D eigenvalue weighted by Crippen LogP contribution is 2.20. The van der Waals surface area contributed by atoms with Crippen LogP contribution in [0, 0.1) is 0 Å². The van der Waals surface area contributed by atoms with Gasteiger partial charge in [-0.05, 0) is 48.5 Å². The van der Waals surface area contributed by atoms with E-state index < -0.39 is 0 Å². The number of carbonyl (C=O) groups is 1. The normalized spacial score (nSPS) is 10.8. The number of benzene rings is 1. The maximum Gasteiger partial charge on any atom is 0.256 e. The molecule has 0 saturated heterocycles. The monoisotopic (exact) mass is 342 g/mol. The number of carbonyl (C=O) groups excluding carboxylic acids is 1. The lowest BCUT2D eigenvalue weighted by Crippen LogP contribution is -2.13. The quantitative estimate of drug-likeness (QED) is 0.786. The number of hydrogen-bond acceptors (Lipinski definition) is 5. The topological polar surface area (TPSA) is 85.6 Å². The summed E-state index contributed by atoms with van der Waals surface area (Å²) in [6, 6.07) is 10.5. The number of tetrazole rings is 1. The molecule has 1 amide bonds. The fourth-order valence-corrected chi connectivity index (χ4v) is 2.28. The van der Waals surface area contributed by atoms with Gasteiger partial charge in [-0.25, -0.2) is 9.67 Å². The third-order valence-electron chi connectivity index (χ3n) is 3.33. The van der Waals surface area contributed by atoms with Crippen molar-refractivity contribution in [2.45, 2.75) is 19.9 Å². The van der Waals surface area contributed by atoms with Crippen LogP contribution in [0.3, 0.4) is 0 Å². The second kappa shape index (κ2) is 6.76. The molecule has 0 radical (unpaired) electrons. The van der Waals surface area contributed by atoms with Gasteiger partial charge in [0.15, 0.2) is 5.82 Å². The number of nitrogens with zero attached hydrogens (tertiary/aromatic N) is 5. The molecule has 3 aromatic rings. The van der Waals surface area contributed by atoms with E-state index in [1.54, 1.807) is 35.0 Å². The van der Waals surface area contributed by atoms with Crippen molar-refractivity contribution in [3.05, 3.63) is 53.2 Å². The number of anilines is 1. The number of hydrogen-bond donors (Lipinski definition) is 1. The molecule has 0 fully saturated rings. The Bertz CT molecular complexity index is 859. The summed E-state index contributed by atoms with van der Waals surface area (Å²) in [5, 5.41) is 15.0. The van der Waals surface area contributed by atoms with Crippen molar-refractivity contribution in [1.82, 2.24) is 25.2 Å². The van der Waals surface area contributed by atoms with Crippen LogP contribution in [0.15, 0.2) is 42.6 Å². The van der Waals surface area contributed by atoms with Crippen LogP contribution in [0.1, 0.15) is 30.2 Å². The van der Waals surface area contributed by atoms with Gasteiger partial charge in [0.1, 0.15) is 5.82 Å². The molecule has 1 aromatic carbocycles. The second-order valence-corrected chi connectivity index (χ2v) is 5.87. The molecule has 2 aromatic heterocycles. The van der Waals surface area contributed by atoms with Crippen molar-refractivity contribution >= 4 is 23.3 Å². The summed E-state index contributed by atoms with van der Waals surface area (Å²) in [5.41, 5.74) is 1.26. The molecule has 0 unspecified atom stereocenters. The Kier molecular flexibility index (Phi) is 4.52. The smallest absolute Gasteiger partial charge is 0.256 e. The first-order chi connectivity index (χ1) is 11.5. The maximum atomic E-state index is 12.4. The zero-order chi connectivity index (χ0) is 17.1. The Morgan fingerprint density at radius 1 is 1.25 bits per heavy atom. The molecule has 122 valence electrons. The Labute approximate surface area is 143 Å². The third kappa shape index (κ3) is 3.41.